The van der Waals surface area contributed by atoms with Gasteiger partial charge in [0.15, 0.2) is 0 Å². The van der Waals surface area contributed by atoms with Gasteiger partial charge in [-0.3, -0.25) is 4.79 Å². The van der Waals surface area contributed by atoms with Crippen LogP contribution in [0.15, 0.2) is 30.6 Å². The molecule has 8 heteroatoms. The number of ether oxygens (including phenoxy) is 1. The van der Waals surface area contributed by atoms with Gasteiger partial charge in [-0.05, 0) is 47.5 Å². The topological polar surface area (TPSA) is 81.9 Å². The zero-order valence-corrected chi connectivity index (χ0v) is 11.4. The number of nitrogens with one attached hydrogen (secondary N) is 1. The van der Waals surface area contributed by atoms with Crippen LogP contribution in [0.5, 0.6) is 5.75 Å². The van der Waals surface area contributed by atoms with Crippen molar-refractivity contribution in [2.45, 2.75) is 19.4 Å². The summed E-state index contributed by atoms with van der Waals surface area (Å²) in [6.45, 7) is 1.20. The molecule has 0 bridgehead atoms. The Morgan fingerprint density at radius 2 is 2.10 bits per heavy atom. The average Bonchev–Trinajstić information content (AvgIpc) is 2.97. The third-order valence-corrected chi connectivity index (χ3v) is 2.67. The Morgan fingerprint density at radius 3 is 2.81 bits per heavy atom. The zero-order valence-electron chi connectivity index (χ0n) is 11.4. The normalized spacial score (nSPS) is 10.3. The van der Waals surface area contributed by atoms with Crippen molar-refractivity contribution in [3.8, 4) is 5.75 Å². The molecule has 0 aliphatic heterocycles. The second-order valence-corrected chi connectivity index (χ2v) is 4.37. The van der Waals surface area contributed by atoms with Crippen molar-refractivity contribution in [3.63, 3.8) is 0 Å². The average molecular weight is 293 g/mol. The van der Waals surface area contributed by atoms with Crippen LogP contribution in [-0.2, 0) is 11.3 Å². The third-order valence-electron chi connectivity index (χ3n) is 2.67. The molecule has 1 heterocycles. The van der Waals surface area contributed by atoms with Gasteiger partial charge in [-0.1, -0.05) is 0 Å². The number of nitrogens with zero attached hydrogens (tertiary/aromatic N) is 4. The number of hydrogen-bond donors (Lipinski definition) is 1. The van der Waals surface area contributed by atoms with Gasteiger partial charge in [-0.2, -0.15) is 0 Å². The van der Waals surface area contributed by atoms with Gasteiger partial charge in [0.2, 0.25) is 5.91 Å². The summed E-state index contributed by atoms with van der Waals surface area (Å²) in [4.78, 5) is 11.5. The molecule has 0 atom stereocenters. The fourth-order valence-electron chi connectivity index (χ4n) is 1.63. The highest BCUT2D eigenvalue weighted by Crippen LogP contribution is 2.11. The highest BCUT2D eigenvalue weighted by atomic mass is 19.1. The van der Waals surface area contributed by atoms with E-state index in [1.807, 2.05) is 0 Å². The number of aromatic nitrogens is 4. The number of unbranched alkanes of at least 4 members (excludes halogenated alkanes) is 1. The van der Waals surface area contributed by atoms with E-state index in [0.717, 1.165) is 12.8 Å². The van der Waals surface area contributed by atoms with Gasteiger partial charge >= 0.3 is 0 Å². The van der Waals surface area contributed by atoms with Crippen LogP contribution in [0.1, 0.15) is 12.8 Å². The van der Waals surface area contributed by atoms with Gasteiger partial charge in [0, 0.05) is 6.54 Å². The lowest BCUT2D eigenvalue weighted by Gasteiger charge is -2.07. The first kappa shape index (κ1) is 14.9. The molecule has 1 amide bonds. The van der Waals surface area contributed by atoms with Crippen molar-refractivity contribution in [2.24, 2.45) is 0 Å². The Labute approximate surface area is 121 Å². The van der Waals surface area contributed by atoms with Crippen molar-refractivity contribution in [1.82, 2.24) is 25.5 Å². The predicted molar refractivity (Wildman–Crippen MR) is 72.0 cm³/mol. The number of tetrazole rings is 1. The summed E-state index contributed by atoms with van der Waals surface area (Å²) in [6.07, 6.45) is 2.97. The maximum Gasteiger partial charge on any atom is 0.241 e. The molecular weight excluding hydrogens is 277 g/mol. The molecule has 2 rings (SSSR count). The van der Waals surface area contributed by atoms with E-state index in [9.17, 15) is 9.18 Å². The molecule has 112 valence electrons. The second-order valence-electron chi connectivity index (χ2n) is 4.37. The molecule has 0 aliphatic rings. The summed E-state index contributed by atoms with van der Waals surface area (Å²) in [5.74, 6) is 0.216. The Balaban J connectivity index is 1.52. The van der Waals surface area contributed by atoms with Crippen LogP contribution in [0.25, 0.3) is 0 Å². The molecule has 0 fully saturated rings. The number of halogens is 1. The van der Waals surface area contributed by atoms with Crippen LogP contribution in [0.3, 0.4) is 0 Å². The summed E-state index contributed by atoms with van der Waals surface area (Å²) in [5.41, 5.74) is 0. The number of carbonyl (C=O) groups is 1. The van der Waals surface area contributed by atoms with E-state index in [2.05, 4.69) is 20.8 Å². The van der Waals surface area contributed by atoms with Crippen LogP contribution >= 0.6 is 0 Å². The SMILES string of the molecule is O=C(Cn1cnnn1)NCCCCOc1ccc(F)cc1. The smallest absolute Gasteiger partial charge is 0.241 e. The van der Waals surface area contributed by atoms with E-state index in [1.165, 1.54) is 23.1 Å². The maximum absolute atomic E-state index is 12.7. The Bertz CT molecular complexity index is 544. The lowest BCUT2D eigenvalue weighted by atomic mass is 10.3. The van der Waals surface area contributed by atoms with E-state index in [1.54, 1.807) is 12.1 Å². The predicted octanol–water partition coefficient (Wildman–Crippen LogP) is 0.788. The number of carbonyl (C=O) groups excluding carboxylic acids is 1. The molecule has 1 N–H and O–H groups in total. The highest BCUT2D eigenvalue weighted by Gasteiger charge is 2.02. The monoisotopic (exact) mass is 293 g/mol. The van der Waals surface area contributed by atoms with E-state index >= 15 is 0 Å². The van der Waals surface area contributed by atoms with Gasteiger partial charge in [0.25, 0.3) is 0 Å². The Morgan fingerprint density at radius 1 is 1.29 bits per heavy atom. The minimum atomic E-state index is -0.285. The van der Waals surface area contributed by atoms with Crippen LogP contribution in [0.2, 0.25) is 0 Å². The minimum absolute atomic E-state index is 0.110. The van der Waals surface area contributed by atoms with Crippen LogP contribution in [-0.4, -0.2) is 39.3 Å². The molecule has 0 unspecified atom stereocenters. The van der Waals surface area contributed by atoms with Crippen LogP contribution in [0, 0.1) is 5.82 Å². The molecule has 1 aromatic heterocycles. The summed E-state index contributed by atoms with van der Waals surface area (Å²) >= 11 is 0. The van der Waals surface area contributed by atoms with E-state index in [0.29, 0.717) is 18.9 Å². The Hall–Kier alpha value is -2.51. The summed E-state index contributed by atoms with van der Waals surface area (Å²) in [6, 6.07) is 5.88. The van der Waals surface area contributed by atoms with Crippen molar-refractivity contribution in [1.29, 1.82) is 0 Å². The second kappa shape index (κ2) is 7.93. The largest absolute Gasteiger partial charge is 0.494 e. The first-order valence-corrected chi connectivity index (χ1v) is 6.60. The van der Waals surface area contributed by atoms with E-state index < -0.39 is 0 Å². The fraction of sp³-hybridized carbons (Fsp3) is 0.385. The molecule has 21 heavy (non-hydrogen) atoms. The first-order chi connectivity index (χ1) is 10.2. The van der Waals surface area contributed by atoms with Crippen LogP contribution < -0.4 is 10.1 Å². The lowest BCUT2D eigenvalue weighted by Crippen LogP contribution is -2.28. The molecule has 2 aromatic rings. The minimum Gasteiger partial charge on any atom is -0.494 e. The lowest BCUT2D eigenvalue weighted by molar-refractivity contribution is -0.121. The molecule has 0 radical (unpaired) electrons. The standard InChI is InChI=1S/C13H16FN5O2/c14-11-3-5-12(6-4-11)21-8-2-1-7-15-13(20)9-19-10-16-17-18-19/h3-6,10H,1-2,7-9H2,(H,15,20). The third kappa shape index (κ3) is 5.55. The van der Waals surface area contributed by atoms with Crippen LogP contribution in [0.4, 0.5) is 4.39 Å². The van der Waals surface area contributed by atoms with E-state index in [4.69, 9.17) is 4.74 Å². The number of hydrogen-bond acceptors (Lipinski definition) is 5. The fourth-order valence-corrected chi connectivity index (χ4v) is 1.63. The molecule has 0 spiro atoms. The van der Waals surface area contributed by atoms with Crippen molar-refractivity contribution in [2.75, 3.05) is 13.2 Å². The first-order valence-electron chi connectivity index (χ1n) is 6.60. The number of rotatable bonds is 8. The number of amides is 1. The summed E-state index contributed by atoms with van der Waals surface area (Å²) in [7, 11) is 0. The number of benzene rings is 1. The quantitative estimate of drug-likeness (QED) is 0.728. The van der Waals surface area contributed by atoms with Gasteiger partial charge in [0.05, 0.1) is 6.61 Å². The zero-order chi connectivity index (χ0) is 14.9. The maximum atomic E-state index is 12.7. The van der Waals surface area contributed by atoms with Crippen molar-refractivity contribution < 1.29 is 13.9 Å². The van der Waals surface area contributed by atoms with Crippen molar-refractivity contribution >= 4 is 5.91 Å². The molecule has 0 saturated heterocycles. The molecule has 1 aromatic carbocycles. The van der Waals surface area contributed by atoms with Gasteiger partial charge in [-0.15, -0.1) is 5.10 Å². The molecule has 0 saturated carbocycles. The molecular formula is C13H16FN5O2. The summed E-state index contributed by atoms with van der Waals surface area (Å²) in [5, 5.41) is 13.3. The molecule has 0 aliphatic carbocycles. The highest BCUT2D eigenvalue weighted by molar-refractivity contribution is 5.75. The molecule has 7 nitrogen and oxygen atoms in total. The van der Waals surface area contributed by atoms with Gasteiger partial charge < -0.3 is 10.1 Å². The van der Waals surface area contributed by atoms with Gasteiger partial charge in [-0.25, -0.2) is 9.07 Å². The van der Waals surface area contributed by atoms with E-state index in [-0.39, 0.29) is 18.3 Å². The van der Waals surface area contributed by atoms with Crippen molar-refractivity contribution in [3.05, 3.63) is 36.4 Å². The Kier molecular flexibility index (Phi) is 5.62. The summed E-state index contributed by atoms with van der Waals surface area (Å²) < 4.78 is 19.5. The van der Waals surface area contributed by atoms with Gasteiger partial charge in [0.1, 0.15) is 24.4 Å².